The molecule has 1 aliphatic rings. The van der Waals surface area contributed by atoms with E-state index < -0.39 is 5.60 Å². The lowest BCUT2D eigenvalue weighted by Crippen LogP contribution is -2.49. The van der Waals surface area contributed by atoms with Crippen LogP contribution in [0.3, 0.4) is 0 Å². The minimum Gasteiger partial charge on any atom is -0.444 e. The first-order valence-corrected chi connectivity index (χ1v) is 8.06. The average molecular weight is 304 g/mol. The number of alkyl carbamates (subject to hydrolysis) is 1. The standard InChI is InChI=1S/C18H28N2O2/c1-13-8-9-16(11-14(13)2)20-10-6-7-15(12-20)19-17(21)22-18(3,4)5/h8-9,11,15H,6-7,10,12H2,1-5H3,(H,19,21). The van der Waals surface area contributed by atoms with E-state index in [0.29, 0.717) is 0 Å². The van der Waals surface area contributed by atoms with Crippen LogP contribution in [0.2, 0.25) is 0 Å². The monoisotopic (exact) mass is 304 g/mol. The molecule has 1 fully saturated rings. The molecule has 1 N–H and O–H groups in total. The maximum absolute atomic E-state index is 11.9. The number of carbonyl (C=O) groups is 1. The van der Waals surface area contributed by atoms with Crippen molar-refractivity contribution in [1.29, 1.82) is 0 Å². The second-order valence-electron chi connectivity index (χ2n) is 7.20. The minimum atomic E-state index is -0.452. The molecule has 1 saturated heterocycles. The molecule has 0 bridgehead atoms. The summed E-state index contributed by atoms with van der Waals surface area (Å²) < 4.78 is 5.35. The van der Waals surface area contributed by atoms with E-state index in [9.17, 15) is 4.79 Å². The molecule has 1 heterocycles. The van der Waals surface area contributed by atoms with Gasteiger partial charge in [-0.15, -0.1) is 0 Å². The number of benzene rings is 1. The van der Waals surface area contributed by atoms with Crippen molar-refractivity contribution in [2.75, 3.05) is 18.0 Å². The molecule has 22 heavy (non-hydrogen) atoms. The Morgan fingerprint density at radius 1 is 1.27 bits per heavy atom. The number of piperidine rings is 1. The first kappa shape index (κ1) is 16.7. The Morgan fingerprint density at radius 2 is 2.00 bits per heavy atom. The summed E-state index contributed by atoms with van der Waals surface area (Å²) in [4.78, 5) is 14.3. The van der Waals surface area contributed by atoms with Crippen molar-refractivity contribution in [3.63, 3.8) is 0 Å². The number of rotatable bonds is 2. The lowest BCUT2D eigenvalue weighted by Gasteiger charge is -2.35. The third-order valence-corrected chi connectivity index (χ3v) is 4.00. The second kappa shape index (κ2) is 6.59. The molecule has 0 aromatic heterocycles. The minimum absolute atomic E-state index is 0.144. The molecule has 0 saturated carbocycles. The van der Waals surface area contributed by atoms with Crippen LogP contribution in [0.5, 0.6) is 0 Å². The fraction of sp³-hybridized carbons (Fsp3) is 0.611. The summed E-state index contributed by atoms with van der Waals surface area (Å²) in [5, 5.41) is 3.00. The van der Waals surface area contributed by atoms with Gasteiger partial charge in [-0.25, -0.2) is 4.79 Å². The van der Waals surface area contributed by atoms with Gasteiger partial charge in [0, 0.05) is 24.8 Å². The summed E-state index contributed by atoms with van der Waals surface area (Å²) in [6.45, 7) is 11.8. The predicted molar refractivity (Wildman–Crippen MR) is 90.5 cm³/mol. The molecule has 1 unspecified atom stereocenters. The van der Waals surface area contributed by atoms with E-state index >= 15 is 0 Å². The maximum atomic E-state index is 11.9. The Labute approximate surface area is 133 Å². The Kier molecular flexibility index (Phi) is 4.99. The first-order valence-electron chi connectivity index (χ1n) is 8.06. The predicted octanol–water partition coefficient (Wildman–Crippen LogP) is 3.80. The highest BCUT2D eigenvalue weighted by Gasteiger charge is 2.24. The van der Waals surface area contributed by atoms with Crippen molar-refractivity contribution in [1.82, 2.24) is 5.32 Å². The molecule has 1 aromatic carbocycles. The molecular formula is C18H28N2O2. The maximum Gasteiger partial charge on any atom is 0.407 e. The molecule has 122 valence electrons. The van der Waals surface area contributed by atoms with Crippen LogP contribution in [0.15, 0.2) is 18.2 Å². The van der Waals surface area contributed by atoms with Crippen molar-refractivity contribution in [2.45, 2.75) is 59.1 Å². The van der Waals surface area contributed by atoms with E-state index in [2.05, 4.69) is 42.3 Å². The van der Waals surface area contributed by atoms with E-state index in [-0.39, 0.29) is 12.1 Å². The molecule has 1 atom stereocenters. The number of nitrogens with zero attached hydrogens (tertiary/aromatic N) is 1. The van der Waals surface area contributed by atoms with Gasteiger partial charge >= 0.3 is 6.09 Å². The largest absolute Gasteiger partial charge is 0.444 e. The number of aryl methyl sites for hydroxylation is 2. The second-order valence-corrected chi connectivity index (χ2v) is 7.20. The molecule has 0 aliphatic carbocycles. The van der Waals surface area contributed by atoms with E-state index in [4.69, 9.17) is 4.74 Å². The van der Waals surface area contributed by atoms with Gasteiger partial charge in [0.15, 0.2) is 0 Å². The van der Waals surface area contributed by atoms with Gasteiger partial charge in [0.25, 0.3) is 0 Å². The van der Waals surface area contributed by atoms with Gasteiger partial charge in [-0.1, -0.05) is 6.07 Å². The third-order valence-electron chi connectivity index (χ3n) is 4.00. The van der Waals surface area contributed by atoms with Crippen LogP contribution >= 0.6 is 0 Å². The first-order chi connectivity index (χ1) is 10.2. The highest BCUT2D eigenvalue weighted by molar-refractivity contribution is 5.68. The number of amides is 1. The third kappa shape index (κ3) is 4.65. The van der Waals surface area contributed by atoms with E-state index in [1.165, 1.54) is 16.8 Å². The lowest BCUT2D eigenvalue weighted by atomic mass is 10.0. The van der Waals surface area contributed by atoms with Crippen molar-refractivity contribution in [3.05, 3.63) is 29.3 Å². The number of anilines is 1. The fourth-order valence-electron chi connectivity index (χ4n) is 2.73. The van der Waals surface area contributed by atoms with Crippen LogP contribution in [0.1, 0.15) is 44.7 Å². The van der Waals surface area contributed by atoms with Gasteiger partial charge in [-0.2, -0.15) is 0 Å². The molecule has 1 amide bonds. The number of nitrogens with one attached hydrogen (secondary N) is 1. The molecule has 1 aromatic rings. The van der Waals surface area contributed by atoms with Crippen LogP contribution in [0.4, 0.5) is 10.5 Å². The van der Waals surface area contributed by atoms with Crippen LogP contribution < -0.4 is 10.2 Å². The summed E-state index contributed by atoms with van der Waals surface area (Å²) in [6.07, 6.45) is 1.76. The van der Waals surface area contributed by atoms with Crippen molar-refractivity contribution in [3.8, 4) is 0 Å². The van der Waals surface area contributed by atoms with E-state index in [1.807, 2.05) is 20.8 Å². The summed E-state index contributed by atoms with van der Waals surface area (Å²) in [5.74, 6) is 0. The topological polar surface area (TPSA) is 41.6 Å². The number of ether oxygens (including phenoxy) is 1. The molecule has 0 spiro atoms. The quantitative estimate of drug-likeness (QED) is 0.903. The average Bonchev–Trinajstić information content (AvgIpc) is 2.40. The molecule has 0 radical (unpaired) electrons. The van der Waals surface area contributed by atoms with Crippen LogP contribution in [0, 0.1) is 13.8 Å². The number of hydrogen-bond acceptors (Lipinski definition) is 3. The summed E-state index contributed by atoms with van der Waals surface area (Å²) in [6, 6.07) is 6.70. The summed E-state index contributed by atoms with van der Waals surface area (Å²) >= 11 is 0. The van der Waals surface area contributed by atoms with Crippen LogP contribution in [-0.2, 0) is 4.74 Å². The number of carbonyl (C=O) groups excluding carboxylic acids is 1. The zero-order valence-electron chi connectivity index (χ0n) is 14.4. The number of hydrogen-bond donors (Lipinski definition) is 1. The lowest BCUT2D eigenvalue weighted by molar-refractivity contribution is 0.0500. The van der Waals surface area contributed by atoms with Gasteiger partial charge in [-0.05, 0) is 70.7 Å². The zero-order valence-corrected chi connectivity index (χ0v) is 14.4. The Hall–Kier alpha value is -1.71. The normalized spacial score (nSPS) is 19.0. The molecule has 4 heteroatoms. The molecule has 2 rings (SSSR count). The Bertz CT molecular complexity index is 534. The molecule has 4 nitrogen and oxygen atoms in total. The molecular weight excluding hydrogens is 276 g/mol. The van der Waals surface area contributed by atoms with Crippen LogP contribution in [0.25, 0.3) is 0 Å². The highest BCUT2D eigenvalue weighted by Crippen LogP contribution is 2.23. The molecule has 1 aliphatic heterocycles. The fourth-order valence-corrected chi connectivity index (χ4v) is 2.73. The highest BCUT2D eigenvalue weighted by atomic mass is 16.6. The van der Waals surface area contributed by atoms with Crippen molar-refractivity contribution in [2.24, 2.45) is 0 Å². The van der Waals surface area contributed by atoms with Crippen molar-refractivity contribution < 1.29 is 9.53 Å². The SMILES string of the molecule is Cc1ccc(N2CCCC(NC(=O)OC(C)(C)C)C2)cc1C. The summed E-state index contributed by atoms with van der Waals surface area (Å²) in [5.41, 5.74) is 3.40. The van der Waals surface area contributed by atoms with Gasteiger partial charge < -0.3 is 15.0 Å². The van der Waals surface area contributed by atoms with E-state index in [1.54, 1.807) is 0 Å². The van der Waals surface area contributed by atoms with Gasteiger partial charge in [0.2, 0.25) is 0 Å². The summed E-state index contributed by atoms with van der Waals surface area (Å²) in [7, 11) is 0. The smallest absolute Gasteiger partial charge is 0.407 e. The van der Waals surface area contributed by atoms with Crippen LogP contribution in [-0.4, -0.2) is 30.8 Å². The van der Waals surface area contributed by atoms with Gasteiger partial charge in [-0.3, -0.25) is 0 Å². The Balaban J connectivity index is 1.96. The zero-order chi connectivity index (χ0) is 16.3. The van der Waals surface area contributed by atoms with Gasteiger partial charge in [0.1, 0.15) is 5.60 Å². The van der Waals surface area contributed by atoms with Gasteiger partial charge in [0.05, 0.1) is 0 Å². The van der Waals surface area contributed by atoms with Crippen molar-refractivity contribution >= 4 is 11.8 Å². The van der Waals surface area contributed by atoms with E-state index in [0.717, 1.165) is 25.9 Å². The Morgan fingerprint density at radius 3 is 2.64 bits per heavy atom.